The minimum absolute atomic E-state index is 0.446. The number of hydrogen-bond donors (Lipinski definition) is 0. The van der Waals surface area contributed by atoms with Crippen LogP contribution in [0.25, 0.3) is 0 Å². The Morgan fingerprint density at radius 2 is 1.96 bits per heavy atom. The van der Waals surface area contributed by atoms with Crippen LogP contribution in [-0.4, -0.2) is 42.3 Å². The van der Waals surface area contributed by atoms with Gasteiger partial charge in [0.05, 0.1) is 12.9 Å². The molecule has 0 aliphatic carbocycles. The van der Waals surface area contributed by atoms with E-state index < -0.39 is 0 Å². The number of likely N-dealkylation sites (tertiary alicyclic amines) is 1. The average Bonchev–Trinajstić information content (AvgIpc) is 3.33. The van der Waals surface area contributed by atoms with Crippen LogP contribution in [0.4, 0.5) is 0 Å². The molecule has 1 unspecified atom stereocenters. The highest BCUT2D eigenvalue weighted by Crippen LogP contribution is 2.27. The van der Waals surface area contributed by atoms with Crippen LogP contribution in [0.15, 0.2) is 43.0 Å². The first kappa shape index (κ1) is 17.9. The Morgan fingerprint density at radius 3 is 2.74 bits per heavy atom. The maximum absolute atomic E-state index is 4.55. The second kappa shape index (κ2) is 8.05. The minimum Gasteiger partial charge on any atom is -0.330 e. The first-order valence-electron chi connectivity index (χ1n) is 9.87. The van der Waals surface area contributed by atoms with Gasteiger partial charge >= 0.3 is 0 Å². The lowest BCUT2D eigenvalue weighted by atomic mass is 9.96. The monoisotopic (exact) mass is 364 g/mol. The summed E-state index contributed by atoms with van der Waals surface area (Å²) >= 11 is 0. The summed E-state index contributed by atoms with van der Waals surface area (Å²) in [6, 6.07) is 8.82. The Morgan fingerprint density at radius 1 is 1.11 bits per heavy atom. The van der Waals surface area contributed by atoms with Gasteiger partial charge in [-0.3, -0.25) is 4.90 Å². The van der Waals surface area contributed by atoms with E-state index >= 15 is 0 Å². The largest absolute Gasteiger partial charge is 0.330 e. The van der Waals surface area contributed by atoms with Crippen LogP contribution in [0.5, 0.6) is 0 Å². The van der Waals surface area contributed by atoms with Crippen molar-refractivity contribution in [2.45, 2.75) is 45.2 Å². The van der Waals surface area contributed by atoms with Gasteiger partial charge in [0.15, 0.2) is 5.82 Å². The van der Waals surface area contributed by atoms with Gasteiger partial charge in [0.25, 0.3) is 0 Å². The smallest absolute Gasteiger partial charge is 0.152 e. The Hall–Kier alpha value is -2.47. The maximum Gasteiger partial charge on any atom is 0.152 e. The molecule has 3 aromatic rings. The quantitative estimate of drug-likeness (QED) is 0.675. The maximum atomic E-state index is 4.55. The Bertz CT molecular complexity index is 867. The Balaban J connectivity index is 1.46. The van der Waals surface area contributed by atoms with Gasteiger partial charge in [-0.15, -0.1) is 10.2 Å². The second-order valence-electron chi connectivity index (χ2n) is 7.46. The molecule has 0 amide bonds. The number of rotatable bonds is 6. The van der Waals surface area contributed by atoms with Crippen molar-refractivity contribution in [1.29, 1.82) is 0 Å². The van der Waals surface area contributed by atoms with Gasteiger partial charge < -0.3 is 9.13 Å². The van der Waals surface area contributed by atoms with E-state index in [2.05, 4.69) is 62.9 Å². The van der Waals surface area contributed by atoms with E-state index in [-0.39, 0.29) is 0 Å². The molecule has 4 rings (SSSR count). The van der Waals surface area contributed by atoms with Gasteiger partial charge in [0.2, 0.25) is 0 Å². The fraction of sp³-hybridized carbons (Fsp3) is 0.476. The Labute approximate surface area is 160 Å². The lowest BCUT2D eigenvalue weighted by Crippen LogP contribution is -2.35. The number of aryl methyl sites for hydroxylation is 1. The normalized spacial score (nSPS) is 18.1. The summed E-state index contributed by atoms with van der Waals surface area (Å²) in [6.07, 6.45) is 9.06. The van der Waals surface area contributed by atoms with Crippen LogP contribution < -0.4 is 0 Å². The standard InChI is InChI=1S/C21H28N6/c1-3-17-7-4-5-8-18(17)13-26-11-6-9-19(14-26)21-24-23-20(25(21)2)15-27-12-10-22-16-27/h4-5,7-8,10,12,16,19H,3,6,9,11,13-15H2,1-2H3. The van der Waals surface area contributed by atoms with Gasteiger partial charge in [-0.1, -0.05) is 31.2 Å². The molecule has 0 spiro atoms. The lowest BCUT2D eigenvalue weighted by molar-refractivity contribution is 0.194. The highest BCUT2D eigenvalue weighted by molar-refractivity contribution is 5.27. The zero-order chi connectivity index (χ0) is 18.6. The summed E-state index contributed by atoms with van der Waals surface area (Å²) < 4.78 is 4.21. The Kier molecular flexibility index (Phi) is 5.34. The molecule has 27 heavy (non-hydrogen) atoms. The van der Waals surface area contributed by atoms with Crippen molar-refractivity contribution < 1.29 is 0 Å². The third kappa shape index (κ3) is 3.95. The molecular formula is C21H28N6. The fourth-order valence-corrected chi connectivity index (χ4v) is 4.12. The molecule has 0 saturated carbocycles. The van der Waals surface area contributed by atoms with Gasteiger partial charge in [-0.2, -0.15) is 0 Å². The molecule has 0 bridgehead atoms. The molecule has 1 atom stereocenters. The second-order valence-corrected chi connectivity index (χ2v) is 7.46. The summed E-state index contributed by atoms with van der Waals surface area (Å²) in [7, 11) is 2.09. The molecule has 1 saturated heterocycles. The average molecular weight is 364 g/mol. The number of aromatic nitrogens is 5. The van der Waals surface area contributed by atoms with Gasteiger partial charge in [0, 0.05) is 38.4 Å². The van der Waals surface area contributed by atoms with Crippen molar-refractivity contribution in [2.24, 2.45) is 7.05 Å². The van der Waals surface area contributed by atoms with E-state index in [1.165, 1.54) is 24.0 Å². The zero-order valence-electron chi connectivity index (χ0n) is 16.3. The van der Waals surface area contributed by atoms with E-state index in [0.717, 1.165) is 37.7 Å². The highest BCUT2D eigenvalue weighted by atomic mass is 15.3. The SMILES string of the molecule is CCc1ccccc1CN1CCCC(c2nnc(Cn3ccnc3)n2C)C1. The van der Waals surface area contributed by atoms with Gasteiger partial charge in [0.1, 0.15) is 5.82 Å². The predicted molar refractivity (Wildman–Crippen MR) is 105 cm³/mol. The van der Waals surface area contributed by atoms with Crippen molar-refractivity contribution in [1.82, 2.24) is 29.2 Å². The van der Waals surface area contributed by atoms with Crippen molar-refractivity contribution in [3.8, 4) is 0 Å². The van der Waals surface area contributed by atoms with Crippen molar-refractivity contribution in [2.75, 3.05) is 13.1 Å². The number of benzene rings is 1. The molecule has 1 aliphatic heterocycles. The third-order valence-electron chi connectivity index (χ3n) is 5.65. The molecule has 6 heteroatoms. The highest BCUT2D eigenvalue weighted by Gasteiger charge is 2.26. The zero-order valence-corrected chi connectivity index (χ0v) is 16.3. The number of piperidine rings is 1. The topological polar surface area (TPSA) is 51.8 Å². The molecular weight excluding hydrogens is 336 g/mol. The number of hydrogen-bond acceptors (Lipinski definition) is 4. The molecule has 3 heterocycles. The summed E-state index contributed by atoms with van der Waals surface area (Å²) in [6.45, 7) is 6.19. The van der Waals surface area contributed by atoms with E-state index in [1.807, 2.05) is 17.1 Å². The molecule has 142 valence electrons. The van der Waals surface area contributed by atoms with Crippen molar-refractivity contribution in [3.05, 3.63) is 65.8 Å². The summed E-state index contributed by atoms with van der Waals surface area (Å²) in [5.41, 5.74) is 2.92. The van der Waals surface area contributed by atoms with Crippen molar-refractivity contribution in [3.63, 3.8) is 0 Å². The first-order valence-corrected chi connectivity index (χ1v) is 9.87. The van der Waals surface area contributed by atoms with Crippen LogP contribution in [0.2, 0.25) is 0 Å². The van der Waals surface area contributed by atoms with Gasteiger partial charge in [-0.05, 0) is 36.9 Å². The number of imidazole rings is 1. The summed E-state index contributed by atoms with van der Waals surface area (Å²) in [5, 5.41) is 9.00. The third-order valence-corrected chi connectivity index (χ3v) is 5.65. The van der Waals surface area contributed by atoms with Crippen LogP contribution in [0.3, 0.4) is 0 Å². The molecule has 6 nitrogen and oxygen atoms in total. The van der Waals surface area contributed by atoms with E-state index in [1.54, 1.807) is 6.20 Å². The van der Waals surface area contributed by atoms with E-state index in [9.17, 15) is 0 Å². The van der Waals surface area contributed by atoms with Crippen LogP contribution >= 0.6 is 0 Å². The van der Waals surface area contributed by atoms with Crippen molar-refractivity contribution >= 4 is 0 Å². The predicted octanol–water partition coefficient (Wildman–Crippen LogP) is 3.00. The van der Waals surface area contributed by atoms with Crippen LogP contribution in [0, 0.1) is 0 Å². The van der Waals surface area contributed by atoms with Crippen LogP contribution in [-0.2, 0) is 26.6 Å². The molecule has 1 aliphatic rings. The first-order chi connectivity index (χ1) is 13.2. The van der Waals surface area contributed by atoms with Crippen LogP contribution in [0.1, 0.15) is 48.5 Å². The molecule has 1 aromatic carbocycles. The summed E-state index contributed by atoms with van der Waals surface area (Å²) in [4.78, 5) is 6.68. The molecule has 2 aromatic heterocycles. The molecule has 1 fully saturated rings. The lowest BCUT2D eigenvalue weighted by Gasteiger charge is -2.32. The van der Waals surface area contributed by atoms with E-state index in [4.69, 9.17) is 0 Å². The fourth-order valence-electron chi connectivity index (χ4n) is 4.12. The molecule has 0 N–H and O–H groups in total. The van der Waals surface area contributed by atoms with E-state index in [0.29, 0.717) is 12.5 Å². The minimum atomic E-state index is 0.446. The summed E-state index contributed by atoms with van der Waals surface area (Å²) in [5.74, 6) is 2.54. The van der Waals surface area contributed by atoms with Gasteiger partial charge in [-0.25, -0.2) is 4.98 Å². The number of nitrogens with zero attached hydrogens (tertiary/aromatic N) is 6. The molecule has 0 radical (unpaired) electrons.